The van der Waals surface area contributed by atoms with Crippen LogP contribution in [-0.2, 0) is 29.5 Å². The summed E-state index contributed by atoms with van der Waals surface area (Å²) in [5, 5.41) is 12.5. The number of aryl methyl sites for hydroxylation is 1. The first-order valence-corrected chi connectivity index (χ1v) is 9.37. The van der Waals surface area contributed by atoms with E-state index in [-0.39, 0.29) is 30.2 Å². The predicted octanol–water partition coefficient (Wildman–Crippen LogP) is 2.21. The van der Waals surface area contributed by atoms with Crippen molar-refractivity contribution in [2.24, 2.45) is 13.0 Å². The number of nitrogens with zero attached hydrogens (tertiary/aromatic N) is 3. The zero-order chi connectivity index (χ0) is 18.0. The lowest BCUT2D eigenvalue weighted by atomic mass is 9.93. The monoisotopic (exact) mass is 361 g/mol. The summed E-state index contributed by atoms with van der Waals surface area (Å²) in [5.41, 5.74) is 2.98. The molecule has 7 nitrogen and oxygen atoms in total. The number of aromatic nitrogens is 3. The highest BCUT2D eigenvalue weighted by molar-refractivity contribution is 7.13. The van der Waals surface area contributed by atoms with E-state index in [1.165, 1.54) is 17.0 Å². The Hall–Kier alpha value is -2.22. The maximum absolute atomic E-state index is 12.4. The van der Waals surface area contributed by atoms with E-state index in [0.717, 1.165) is 24.8 Å². The number of hydrogen-bond donors (Lipinski definition) is 2. The van der Waals surface area contributed by atoms with Gasteiger partial charge in [0.25, 0.3) is 0 Å². The van der Waals surface area contributed by atoms with Gasteiger partial charge in [-0.3, -0.25) is 14.3 Å². The van der Waals surface area contributed by atoms with E-state index in [9.17, 15) is 9.59 Å². The van der Waals surface area contributed by atoms with Crippen molar-refractivity contribution in [3.63, 3.8) is 0 Å². The highest BCUT2D eigenvalue weighted by Crippen LogP contribution is 2.29. The molecular formula is C17H23N5O2S. The van der Waals surface area contributed by atoms with Crippen molar-refractivity contribution < 1.29 is 9.59 Å². The van der Waals surface area contributed by atoms with E-state index < -0.39 is 0 Å². The third-order valence-corrected chi connectivity index (χ3v) is 5.17. The van der Waals surface area contributed by atoms with Crippen LogP contribution in [0.2, 0.25) is 0 Å². The fraction of sp³-hybridized carbons (Fsp3) is 0.529. The molecular weight excluding hydrogens is 338 g/mol. The minimum atomic E-state index is -0.101. The summed E-state index contributed by atoms with van der Waals surface area (Å²) in [5.74, 6) is -0.235. The second-order valence-corrected chi connectivity index (χ2v) is 7.51. The molecule has 0 fully saturated rings. The maximum atomic E-state index is 12.4. The van der Waals surface area contributed by atoms with Crippen molar-refractivity contribution >= 4 is 28.3 Å². The molecule has 3 rings (SSSR count). The molecule has 2 amide bonds. The predicted molar refractivity (Wildman–Crippen MR) is 96.3 cm³/mol. The SMILES string of the molecule is CC(C)C(=O)Nc1nc(CC(=O)N[C@@H]2CCCc3c2cnn3C)cs1. The summed E-state index contributed by atoms with van der Waals surface area (Å²) in [7, 11) is 1.94. The van der Waals surface area contributed by atoms with Gasteiger partial charge in [-0.15, -0.1) is 11.3 Å². The summed E-state index contributed by atoms with van der Waals surface area (Å²) in [4.78, 5) is 28.4. The Labute approximate surface area is 150 Å². The summed E-state index contributed by atoms with van der Waals surface area (Å²) >= 11 is 1.34. The van der Waals surface area contributed by atoms with Gasteiger partial charge in [0.2, 0.25) is 11.8 Å². The van der Waals surface area contributed by atoms with Crippen LogP contribution in [0.4, 0.5) is 5.13 Å². The van der Waals surface area contributed by atoms with Gasteiger partial charge in [-0.1, -0.05) is 13.8 Å². The lowest BCUT2D eigenvalue weighted by Gasteiger charge is -2.23. The van der Waals surface area contributed by atoms with Crippen LogP contribution in [0.5, 0.6) is 0 Å². The lowest BCUT2D eigenvalue weighted by molar-refractivity contribution is -0.121. The number of amides is 2. The quantitative estimate of drug-likeness (QED) is 0.854. The van der Waals surface area contributed by atoms with Crippen molar-refractivity contribution in [3.05, 3.63) is 28.5 Å². The Morgan fingerprint density at radius 3 is 3.00 bits per heavy atom. The zero-order valence-corrected chi connectivity index (χ0v) is 15.5. The number of carbonyl (C=O) groups is 2. The standard InChI is InChI=1S/C17H23N5O2S/c1-10(2)16(24)21-17-19-11(9-25-17)7-15(23)20-13-5-4-6-14-12(13)8-18-22(14)3/h8-10,13H,4-7H2,1-3H3,(H,20,23)(H,19,21,24)/t13-/m1/s1. The normalized spacial score (nSPS) is 16.6. The van der Waals surface area contributed by atoms with Crippen LogP contribution in [-0.4, -0.2) is 26.6 Å². The molecule has 25 heavy (non-hydrogen) atoms. The van der Waals surface area contributed by atoms with Crippen LogP contribution in [0.3, 0.4) is 0 Å². The molecule has 0 saturated carbocycles. The Morgan fingerprint density at radius 1 is 1.44 bits per heavy atom. The number of carbonyl (C=O) groups excluding carboxylic acids is 2. The summed E-state index contributed by atoms with van der Waals surface area (Å²) < 4.78 is 1.89. The molecule has 0 unspecified atom stereocenters. The number of fused-ring (bicyclic) bond motifs is 1. The third-order valence-electron chi connectivity index (χ3n) is 4.36. The smallest absolute Gasteiger partial charge is 0.228 e. The number of thiazole rings is 1. The average molecular weight is 361 g/mol. The fourth-order valence-electron chi connectivity index (χ4n) is 2.96. The summed E-state index contributed by atoms with van der Waals surface area (Å²) in [6.07, 6.45) is 5.03. The van der Waals surface area contributed by atoms with Crippen molar-refractivity contribution in [1.29, 1.82) is 0 Å². The summed E-state index contributed by atoms with van der Waals surface area (Å²) in [6, 6.07) is 0.0173. The molecule has 2 aromatic rings. The van der Waals surface area contributed by atoms with Gasteiger partial charge < -0.3 is 10.6 Å². The van der Waals surface area contributed by atoms with Crippen molar-refractivity contribution in [3.8, 4) is 0 Å². The topological polar surface area (TPSA) is 88.9 Å². The van der Waals surface area contributed by atoms with Crippen LogP contribution in [0.25, 0.3) is 0 Å². The first-order valence-electron chi connectivity index (χ1n) is 8.49. The van der Waals surface area contributed by atoms with Crippen molar-refractivity contribution in [2.75, 3.05) is 5.32 Å². The van der Waals surface area contributed by atoms with Crippen LogP contribution in [0.15, 0.2) is 11.6 Å². The van der Waals surface area contributed by atoms with Gasteiger partial charge in [0.1, 0.15) is 0 Å². The van der Waals surface area contributed by atoms with Crippen LogP contribution < -0.4 is 10.6 Å². The molecule has 2 aromatic heterocycles. The molecule has 0 spiro atoms. The Bertz CT molecular complexity index is 780. The van der Waals surface area contributed by atoms with E-state index in [1.54, 1.807) is 0 Å². The summed E-state index contributed by atoms with van der Waals surface area (Å²) in [6.45, 7) is 3.66. The Balaban J connectivity index is 1.59. The molecule has 8 heteroatoms. The second kappa shape index (κ2) is 7.35. The number of hydrogen-bond acceptors (Lipinski definition) is 5. The van der Waals surface area contributed by atoms with Gasteiger partial charge in [0.15, 0.2) is 5.13 Å². The van der Waals surface area contributed by atoms with E-state index in [2.05, 4.69) is 20.7 Å². The van der Waals surface area contributed by atoms with Gasteiger partial charge in [0, 0.05) is 29.6 Å². The molecule has 0 aliphatic heterocycles. The van der Waals surface area contributed by atoms with Gasteiger partial charge in [0.05, 0.1) is 24.4 Å². The first-order chi connectivity index (χ1) is 11.9. The van der Waals surface area contributed by atoms with Crippen LogP contribution in [0, 0.1) is 5.92 Å². The zero-order valence-electron chi connectivity index (χ0n) is 14.7. The highest BCUT2D eigenvalue weighted by Gasteiger charge is 2.25. The molecule has 0 bridgehead atoms. The molecule has 0 saturated heterocycles. The van der Waals surface area contributed by atoms with Gasteiger partial charge in [-0.2, -0.15) is 5.10 Å². The highest BCUT2D eigenvalue weighted by atomic mass is 32.1. The second-order valence-electron chi connectivity index (χ2n) is 6.65. The molecule has 0 aromatic carbocycles. The van der Waals surface area contributed by atoms with Crippen molar-refractivity contribution in [2.45, 2.75) is 45.6 Å². The van der Waals surface area contributed by atoms with Gasteiger partial charge in [-0.05, 0) is 19.3 Å². The average Bonchev–Trinajstić information content (AvgIpc) is 3.15. The molecule has 1 aliphatic rings. The lowest BCUT2D eigenvalue weighted by Crippen LogP contribution is -2.32. The number of rotatable bonds is 5. The van der Waals surface area contributed by atoms with Crippen LogP contribution in [0.1, 0.15) is 49.7 Å². The third kappa shape index (κ3) is 4.07. The minimum Gasteiger partial charge on any atom is -0.349 e. The van der Waals surface area contributed by atoms with Crippen molar-refractivity contribution in [1.82, 2.24) is 20.1 Å². The molecule has 134 valence electrons. The molecule has 1 atom stereocenters. The first kappa shape index (κ1) is 17.6. The maximum Gasteiger partial charge on any atom is 0.228 e. The molecule has 2 heterocycles. The molecule has 0 radical (unpaired) electrons. The number of nitrogens with one attached hydrogen (secondary N) is 2. The number of anilines is 1. The van der Waals surface area contributed by atoms with E-state index in [1.807, 2.05) is 37.2 Å². The molecule has 1 aliphatic carbocycles. The van der Waals surface area contributed by atoms with Gasteiger partial charge >= 0.3 is 0 Å². The van der Waals surface area contributed by atoms with E-state index in [0.29, 0.717) is 10.8 Å². The molecule has 2 N–H and O–H groups in total. The van der Waals surface area contributed by atoms with Gasteiger partial charge in [-0.25, -0.2) is 4.98 Å². The van der Waals surface area contributed by atoms with Crippen LogP contribution >= 0.6 is 11.3 Å². The minimum absolute atomic E-state index is 0.0173. The Kier molecular flexibility index (Phi) is 5.17. The van der Waals surface area contributed by atoms with E-state index >= 15 is 0 Å². The van der Waals surface area contributed by atoms with E-state index in [4.69, 9.17) is 0 Å². The largest absolute Gasteiger partial charge is 0.349 e. The Morgan fingerprint density at radius 2 is 2.24 bits per heavy atom. The fourth-order valence-corrected chi connectivity index (χ4v) is 3.67.